The van der Waals surface area contributed by atoms with Gasteiger partial charge in [0, 0.05) is 0 Å². The van der Waals surface area contributed by atoms with Crippen molar-refractivity contribution in [2.75, 3.05) is 0 Å². The van der Waals surface area contributed by atoms with Gasteiger partial charge in [0.05, 0.1) is 0 Å². The number of hydrogen-bond acceptors (Lipinski definition) is 1. The van der Waals surface area contributed by atoms with Crippen LogP contribution in [0.5, 0.6) is 5.75 Å². The maximum atomic E-state index is 13.0. The number of benzene rings is 1. The zero-order valence-corrected chi connectivity index (χ0v) is 9.35. The molecule has 0 saturated carbocycles. The van der Waals surface area contributed by atoms with E-state index in [2.05, 4.69) is 13.8 Å². The third-order valence-electron chi connectivity index (χ3n) is 3.49. The molecule has 1 aliphatic heterocycles. The summed E-state index contributed by atoms with van der Waals surface area (Å²) in [6.07, 6.45) is 3.95. The van der Waals surface area contributed by atoms with E-state index < -0.39 is 0 Å². The van der Waals surface area contributed by atoms with Crippen LogP contribution >= 0.6 is 0 Å². The second-order valence-electron chi connectivity index (χ2n) is 4.24. The molecule has 0 atom stereocenters. The van der Waals surface area contributed by atoms with Crippen molar-refractivity contribution in [2.45, 2.75) is 45.1 Å². The smallest absolute Gasteiger partial charge is 0.123 e. The van der Waals surface area contributed by atoms with E-state index >= 15 is 0 Å². The summed E-state index contributed by atoms with van der Waals surface area (Å²) in [6, 6.07) is 4.81. The third kappa shape index (κ3) is 1.85. The highest BCUT2D eigenvalue weighted by molar-refractivity contribution is 5.36. The second kappa shape index (κ2) is 3.84. The molecule has 0 unspecified atom stereocenters. The molecule has 1 aromatic rings. The molecular weight excluding hydrogens is 191 g/mol. The van der Waals surface area contributed by atoms with Crippen LogP contribution in [0, 0.1) is 5.82 Å². The first-order valence-electron chi connectivity index (χ1n) is 5.66. The lowest BCUT2D eigenvalue weighted by atomic mass is 9.87. The minimum absolute atomic E-state index is 0.0230. The summed E-state index contributed by atoms with van der Waals surface area (Å²) in [5.41, 5.74) is 0.984. The van der Waals surface area contributed by atoms with E-state index in [1.807, 2.05) is 0 Å². The monoisotopic (exact) mass is 208 g/mol. The molecule has 0 saturated heterocycles. The molecule has 0 bridgehead atoms. The second-order valence-corrected chi connectivity index (χ2v) is 4.24. The normalized spacial score (nSPS) is 18.1. The van der Waals surface area contributed by atoms with E-state index in [0.717, 1.165) is 37.0 Å². The maximum absolute atomic E-state index is 13.0. The van der Waals surface area contributed by atoms with E-state index in [4.69, 9.17) is 4.74 Å². The Labute approximate surface area is 90.3 Å². The molecule has 0 radical (unpaired) electrons. The Bertz CT molecular complexity index is 356. The Balaban J connectivity index is 2.30. The van der Waals surface area contributed by atoms with Gasteiger partial charge in [-0.1, -0.05) is 13.8 Å². The molecule has 15 heavy (non-hydrogen) atoms. The first-order chi connectivity index (χ1) is 7.19. The minimum Gasteiger partial charge on any atom is -0.487 e. The van der Waals surface area contributed by atoms with Crippen molar-refractivity contribution in [3.63, 3.8) is 0 Å². The highest BCUT2D eigenvalue weighted by atomic mass is 19.1. The summed E-state index contributed by atoms with van der Waals surface area (Å²) < 4.78 is 19.0. The van der Waals surface area contributed by atoms with Crippen LogP contribution in [0.15, 0.2) is 18.2 Å². The van der Waals surface area contributed by atoms with Crippen LogP contribution < -0.4 is 4.74 Å². The molecule has 1 aliphatic rings. The summed E-state index contributed by atoms with van der Waals surface area (Å²) in [4.78, 5) is 0. The van der Waals surface area contributed by atoms with Crippen molar-refractivity contribution in [3.8, 4) is 5.75 Å². The fourth-order valence-corrected chi connectivity index (χ4v) is 2.24. The summed E-state index contributed by atoms with van der Waals surface area (Å²) >= 11 is 0. The largest absolute Gasteiger partial charge is 0.487 e. The Morgan fingerprint density at radius 2 is 2.07 bits per heavy atom. The molecule has 0 fully saturated rings. The molecule has 0 spiro atoms. The lowest BCUT2D eigenvalue weighted by Crippen LogP contribution is -2.38. The van der Waals surface area contributed by atoms with Crippen LogP contribution in [0.3, 0.4) is 0 Å². The highest BCUT2D eigenvalue weighted by Crippen LogP contribution is 2.37. The predicted octanol–water partition coefficient (Wildman–Crippen LogP) is 3.71. The molecule has 0 aromatic heterocycles. The lowest BCUT2D eigenvalue weighted by molar-refractivity contribution is 0.0381. The van der Waals surface area contributed by atoms with Crippen LogP contribution in [-0.4, -0.2) is 5.60 Å². The number of ether oxygens (including phenoxy) is 1. The molecule has 0 aliphatic carbocycles. The van der Waals surface area contributed by atoms with Gasteiger partial charge in [0.15, 0.2) is 0 Å². The number of aryl methyl sites for hydroxylation is 1. The van der Waals surface area contributed by atoms with Crippen molar-refractivity contribution in [1.29, 1.82) is 0 Å². The fourth-order valence-electron chi connectivity index (χ4n) is 2.24. The summed E-state index contributed by atoms with van der Waals surface area (Å²) in [7, 11) is 0. The van der Waals surface area contributed by atoms with E-state index in [-0.39, 0.29) is 11.4 Å². The minimum atomic E-state index is -0.169. The van der Waals surface area contributed by atoms with E-state index in [9.17, 15) is 4.39 Å². The molecule has 2 rings (SSSR count). The SMILES string of the molecule is CCC1(CC)CCc2cc(F)ccc2O1. The standard InChI is InChI=1S/C13H17FO/c1-3-13(4-2)8-7-10-9-11(14)5-6-12(10)15-13/h5-6,9H,3-4,7-8H2,1-2H3. The molecule has 2 heteroatoms. The van der Waals surface area contributed by atoms with Gasteiger partial charge in [-0.05, 0) is 49.4 Å². The Morgan fingerprint density at radius 1 is 1.33 bits per heavy atom. The van der Waals surface area contributed by atoms with Crippen molar-refractivity contribution in [2.24, 2.45) is 0 Å². The molecular formula is C13H17FO. The van der Waals surface area contributed by atoms with Gasteiger partial charge in [-0.25, -0.2) is 4.39 Å². The van der Waals surface area contributed by atoms with Crippen LogP contribution in [0.1, 0.15) is 38.7 Å². The number of fused-ring (bicyclic) bond motifs is 1. The summed E-state index contributed by atoms with van der Waals surface area (Å²) in [5.74, 6) is 0.698. The van der Waals surface area contributed by atoms with Gasteiger partial charge in [0.25, 0.3) is 0 Å². The van der Waals surface area contributed by atoms with Crippen molar-refractivity contribution in [3.05, 3.63) is 29.6 Å². The van der Waals surface area contributed by atoms with Crippen molar-refractivity contribution in [1.82, 2.24) is 0 Å². The third-order valence-corrected chi connectivity index (χ3v) is 3.49. The van der Waals surface area contributed by atoms with Gasteiger partial charge in [0.2, 0.25) is 0 Å². The van der Waals surface area contributed by atoms with Gasteiger partial charge in [-0.15, -0.1) is 0 Å². The van der Waals surface area contributed by atoms with Gasteiger partial charge in [-0.3, -0.25) is 0 Å². The number of rotatable bonds is 2. The van der Waals surface area contributed by atoms with Gasteiger partial charge in [0.1, 0.15) is 17.2 Å². The average molecular weight is 208 g/mol. The summed E-state index contributed by atoms with van der Waals surface area (Å²) in [5, 5.41) is 0. The lowest BCUT2D eigenvalue weighted by Gasteiger charge is -2.37. The highest BCUT2D eigenvalue weighted by Gasteiger charge is 2.32. The van der Waals surface area contributed by atoms with Gasteiger partial charge >= 0.3 is 0 Å². The Hall–Kier alpha value is -1.05. The zero-order chi connectivity index (χ0) is 10.9. The van der Waals surface area contributed by atoms with E-state index in [1.165, 1.54) is 6.07 Å². The van der Waals surface area contributed by atoms with Crippen LogP contribution in [0.25, 0.3) is 0 Å². The Morgan fingerprint density at radius 3 is 2.73 bits per heavy atom. The predicted molar refractivity (Wildman–Crippen MR) is 58.7 cm³/mol. The maximum Gasteiger partial charge on any atom is 0.123 e. The van der Waals surface area contributed by atoms with Gasteiger partial charge in [-0.2, -0.15) is 0 Å². The molecule has 1 aromatic carbocycles. The molecule has 1 heterocycles. The first-order valence-corrected chi connectivity index (χ1v) is 5.66. The zero-order valence-electron chi connectivity index (χ0n) is 9.35. The molecule has 1 nitrogen and oxygen atoms in total. The van der Waals surface area contributed by atoms with Crippen LogP contribution in [-0.2, 0) is 6.42 Å². The fraction of sp³-hybridized carbons (Fsp3) is 0.538. The van der Waals surface area contributed by atoms with Crippen molar-refractivity contribution < 1.29 is 9.13 Å². The molecule has 0 amide bonds. The Kier molecular flexibility index (Phi) is 2.68. The number of halogens is 1. The number of hydrogen-bond donors (Lipinski definition) is 0. The van der Waals surface area contributed by atoms with Gasteiger partial charge < -0.3 is 4.74 Å². The average Bonchev–Trinajstić information content (AvgIpc) is 2.28. The summed E-state index contributed by atoms with van der Waals surface area (Å²) in [6.45, 7) is 4.30. The van der Waals surface area contributed by atoms with E-state index in [0.29, 0.717) is 0 Å². The van der Waals surface area contributed by atoms with Crippen LogP contribution in [0.2, 0.25) is 0 Å². The van der Waals surface area contributed by atoms with Crippen molar-refractivity contribution >= 4 is 0 Å². The first kappa shape index (κ1) is 10.5. The van der Waals surface area contributed by atoms with E-state index in [1.54, 1.807) is 12.1 Å². The molecule has 82 valence electrons. The molecule has 0 N–H and O–H groups in total. The quantitative estimate of drug-likeness (QED) is 0.720. The van der Waals surface area contributed by atoms with Crippen LogP contribution in [0.4, 0.5) is 4.39 Å². The topological polar surface area (TPSA) is 9.23 Å².